The number of carboxylic acids is 1. The Morgan fingerprint density at radius 3 is 2.59 bits per heavy atom. The fraction of sp³-hybridized carbons (Fsp3) is 0.529. The molecule has 2 fully saturated rings. The highest BCUT2D eigenvalue weighted by atomic mass is 16.5. The van der Waals surface area contributed by atoms with Gasteiger partial charge in [-0.25, -0.2) is 0 Å². The molecule has 0 spiro atoms. The van der Waals surface area contributed by atoms with Gasteiger partial charge in [0.15, 0.2) is 0 Å². The third kappa shape index (κ3) is 2.11. The number of hydrogen-bond acceptors (Lipinski definition) is 3. The van der Waals surface area contributed by atoms with Crippen LogP contribution in [0.2, 0.25) is 0 Å². The lowest BCUT2D eigenvalue weighted by Crippen LogP contribution is -2.40. The van der Waals surface area contributed by atoms with Crippen LogP contribution in [0.15, 0.2) is 18.2 Å². The minimum Gasteiger partial charge on any atom is -0.481 e. The van der Waals surface area contributed by atoms with Crippen molar-refractivity contribution in [1.82, 2.24) is 0 Å². The summed E-state index contributed by atoms with van der Waals surface area (Å²) in [5.74, 6) is -2.45. The molecule has 0 saturated carbocycles. The minimum atomic E-state index is -0.929. The molecule has 2 N–H and O–H groups in total. The van der Waals surface area contributed by atoms with E-state index in [0.29, 0.717) is 0 Å². The van der Waals surface area contributed by atoms with Crippen LogP contribution < -0.4 is 5.32 Å². The summed E-state index contributed by atoms with van der Waals surface area (Å²) < 4.78 is 5.65. The molecule has 2 heterocycles. The third-order valence-corrected chi connectivity index (χ3v) is 5.23. The van der Waals surface area contributed by atoms with Crippen molar-refractivity contribution < 1.29 is 19.4 Å². The molecular formula is C17H19NO4. The predicted octanol–water partition coefficient (Wildman–Crippen LogP) is 1.99. The first kappa shape index (κ1) is 13.8. The van der Waals surface area contributed by atoms with Gasteiger partial charge >= 0.3 is 5.97 Å². The molecule has 22 heavy (non-hydrogen) atoms. The number of aliphatic carboxylic acids is 1. The highest BCUT2D eigenvalue weighted by Crippen LogP contribution is 2.44. The molecule has 1 aromatic rings. The number of hydrogen-bond donors (Lipinski definition) is 2. The van der Waals surface area contributed by atoms with Gasteiger partial charge in [0.05, 0.1) is 24.0 Å². The summed E-state index contributed by atoms with van der Waals surface area (Å²) in [6, 6.07) is 5.99. The van der Waals surface area contributed by atoms with Crippen LogP contribution in [0.5, 0.6) is 0 Å². The Balaban J connectivity index is 1.53. The van der Waals surface area contributed by atoms with Crippen LogP contribution in [0.3, 0.4) is 0 Å². The van der Waals surface area contributed by atoms with E-state index in [2.05, 4.69) is 11.4 Å². The Labute approximate surface area is 128 Å². The maximum Gasteiger partial charge on any atom is 0.310 e. The molecule has 1 aliphatic carbocycles. The van der Waals surface area contributed by atoms with Gasteiger partial charge in [0.1, 0.15) is 0 Å². The van der Waals surface area contributed by atoms with E-state index in [1.165, 1.54) is 11.1 Å². The summed E-state index contributed by atoms with van der Waals surface area (Å²) in [7, 11) is 0. The second kappa shape index (κ2) is 5.09. The molecule has 4 atom stereocenters. The highest BCUT2D eigenvalue weighted by molar-refractivity contribution is 5.96. The minimum absolute atomic E-state index is 0.224. The van der Waals surface area contributed by atoms with Gasteiger partial charge in [0.25, 0.3) is 0 Å². The Morgan fingerprint density at radius 2 is 1.82 bits per heavy atom. The first-order valence-corrected chi connectivity index (χ1v) is 7.94. The van der Waals surface area contributed by atoms with Crippen molar-refractivity contribution >= 4 is 17.6 Å². The number of fused-ring (bicyclic) bond motifs is 3. The van der Waals surface area contributed by atoms with Crippen molar-refractivity contribution in [2.24, 2.45) is 11.8 Å². The van der Waals surface area contributed by atoms with Gasteiger partial charge in [-0.05, 0) is 55.4 Å². The van der Waals surface area contributed by atoms with E-state index < -0.39 is 17.8 Å². The molecule has 0 aromatic heterocycles. The molecule has 2 saturated heterocycles. The Bertz CT molecular complexity index is 642. The van der Waals surface area contributed by atoms with Crippen molar-refractivity contribution in [2.75, 3.05) is 5.32 Å². The van der Waals surface area contributed by atoms with Crippen LogP contribution in [-0.4, -0.2) is 29.2 Å². The molecular weight excluding hydrogens is 282 g/mol. The average Bonchev–Trinajstić information content (AvgIpc) is 3.20. The first-order chi connectivity index (χ1) is 10.6. The first-order valence-electron chi connectivity index (χ1n) is 7.94. The molecule has 2 aliphatic heterocycles. The smallest absolute Gasteiger partial charge is 0.310 e. The Hall–Kier alpha value is -1.88. The van der Waals surface area contributed by atoms with E-state index in [1.54, 1.807) is 0 Å². The molecule has 1 aromatic carbocycles. The monoisotopic (exact) mass is 301 g/mol. The van der Waals surface area contributed by atoms with Gasteiger partial charge in [0, 0.05) is 5.69 Å². The van der Waals surface area contributed by atoms with E-state index in [-0.39, 0.29) is 18.1 Å². The SMILES string of the molecule is O=C(O)[C@@H]1[C@H](C(=O)Nc2ccc3c(c2)CCC3)[C@H]2CC[C@@H]1O2. The van der Waals surface area contributed by atoms with Crippen LogP contribution in [0.4, 0.5) is 5.69 Å². The van der Waals surface area contributed by atoms with Gasteiger partial charge in [-0.2, -0.15) is 0 Å². The van der Waals surface area contributed by atoms with Gasteiger partial charge in [-0.1, -0.05) is 6.07 Å². The Kier molecular flexibility index (Phi) is 3.18. The topological polar surface area (TPSA) is 75.6 Å². The van der Waals surface area contributed by atoms with Crippen LogP contribution in [0.25, 0.3) is 0 Å². The van der Waals surface area contributed by atoms with Crippen molar-refractivity contribution in [2.45, 2.75) is 44.3 Å². The normalized spacial score (nSPS) is 32.0. The molecule has 5 nitrogen and oxygen atoms in total. The van der Waals surface area contributed by atoms with Crippen LogP contribution in [-0.2, 0) is 27.2 Å². The highest BCUT2D eigenvalue weighted by Gasteiger charge is 2.55. The summed E-state index contributed by atoms with van der Waals surface area (Å²) in [6.45, 7) is 0. The number of carbonyl (C=O) groups is 2. The number of anilines is 1. The van der Waals surface area contributed by atoms with Crippen molar-refractivity contribution in [3.8, 4) is 0 Å². The summed E-state index contributed by atoms with van der Waals surface area (Å²) in [5, 5.41) is 12.3. The van der Waals surface area contributed by atoms with E-state index in [9.17, 15) is 14.7 Å². The molecule has 116 valence electrons. The van der Waals surface area contributed by atoms with Gasteiger partial charge in [-0.15, -0.1) is 0 Å². The molecule has 1 amide bonds. The summed E-state index contributed by atoms with van der Waals surface area (Å²) >= 11 is 0. The summed E-state index contributed by atoms with van der Waals surface area (Å²) in [5.41, 5.74) is 3.40. The predicted molar refractivity (Wildman–Crippen MR) is 79.6 cm³/mol. The lowest BCUT2D eigenvalue weighted by molar-refractivity contribution is -0.147. The molecule has 5 heteroatoms. The van der Waals surface area contributed by atoms with Gasteiger partial charge in [0.2, 0.25) is 5.91 Å². The van der Waals surface area contributed by atoms with E-state index in [0.717, 1.165) is 37.8 Å². The fourth-order valence-corrected chi connectivity index (χ4v) is 4.20. The second-order valence-electron chi connectivity index (χ2n) is 6.51. The number of carboxylic acid groups (broad SMARTS) is 1. The van der Waals surface area contributed by atoms with Crippen molar-refractivity contribution in [3.05, 3.63) is 29.3 Å². The van der Waals surface area contributed by atoms with Crippen molar-refractivity contribution in [3.63, 3.8) is 0 Å². The van der Waals surface area contributed by atoms with E-state index in [4.69, 9.17) is 4.74 Å². The van der Waals surface area contributed by atoms with Crippen LogP contribution in [0.1, 0.15) is 30.4 Å². The standard InChI is InChI=1S/C17H19NO4/c19-16(14-12-6-7-13(22-12)15(14)17(20)21)18-11-5-4-9-2-1-3-10(9)8-11/h4-5,8,12-15H,1-3,6-7H2,(H,18,19)(H,20,21)/t12-,13+,14-,15+/m1/s1. The molecule has 0 radical (unpaired) electrons. The maximum atomic E-state index is 12.6. The number of rotatable bonds is 3. The Morgan fingerprint density at radius 1 is 1.09 bits per heavy atom. The summed E-state index contributed by atoms with van der Waals surface area (Å²) in [4.78, 5) is 24.0. The second-order valence-corrected chi connectivity index (χ2v) is 6.51. The van der Waals surface area contributed by atoms with Crippen molar-refractivity contribution in [1.29, 1.82) is 0 Å². The molecule has 3 aliphatic rings. The zero-order chi connectivity index (χ0) is 15.3. The third-order valence-electron chi connectivity index (χ3n) is 5.23. The van der Waals surface area contributed by atoms with Crippen LogP contribution >= 0.6 is 0 Å². The van der Waals surface area contributed by atoms with Gasteiger partial charge < -0.3 is 15.2 Å². The number of benzene rings is 1. The van der Waals surface area contributed by atoms with Crippen LogP contribution in [0, 0.1) is 11.8 Å². The number of ether oxygens (including phenoxy) is 1. The fourth-order valence-electron chi connectivity index (χ4n) is 4.20. The zero-order valence-electron chi connectivity index (χ0n) is 12.2. The van der Waals surface area contributed by atoms with E-state index >= 15 is 0 Å². The van der Waals surface area contributed by atoms with E-state index in [1.807, 2.05) is 12.1 Å². The molecule has 0 unspecified atom stereocenters. The number of aryl methyl sites for hydroxylation is 2. The van der Waals surface area contributed by atoms with Gasteiger partial charge in [-0.3, -0.25) is 9.59 Å². The molecule has 2 bridgehead atoms. The number of carbonyl (C=O) groups excluding carboxylic acids is 1. The number of amides is 1. The maximum absolute atomic E-state index is 12.6. The molecule has 4 rings (SSSR count). The quantitative estimate of drug-likeness (QED) is 0.895. The average molecular weight is 301 g/mol. The number of nitrogens with one attached hydrogen (secondary N) is 1. The zero-order valence-corrected chi connectivity index (χ0v) is 12.2. The lowest BCUT2D eigenvalue weighted by atomic mass is 9.78. The summed E-state index contributed by atoms with van der Waals surface area (Å²) in [6.07, 6.45) is 4.27. The lowest BCUT2D eigenvalue weighted by Gasteiger charge is -2.24. The largest absolute Gasteiger partial charge is 0.481 e.